The average molecular weight is 234 g/mol. The van der Waals surface area contributed by atoms with Gasteiger partial charge in [-0.15, -0.1) is 0 Å². The molecule has 0 unspecified atom stereocenters. The molecule has 0 N–H and O–H groups in total. The summed E-state index contributed by atoms with van der Waals surface area (Å²) < 4.78 is 0. The van der Waals surface area contributed by atoms with Crippen LogP contribution in [0, 0.1) is 0 Å². The molecule has 2 heteroatoms. The van der Waals surface area contributed by atoms with Gasteiger partial charge in [-0.25, -0.2) is 0 Å². The molecule has 0 aliphatic carbocycles. The first-order valence-corrected chi connectivity index (χ1v) is 6.08. The van der Waals surface area contributed by atoms with E-state index in [0.717, 1.165) is 23.9 Å². The molecule has 0 amide bonds. The standard InChI is InChI=1S/C15H22O2/c1-5-12(4)14(11-16)9-8-13(6-2)10-15(17)7-3/h6,8-9,11H,5,7,10H2,1-4H3/b9-8-,13-6+,14-12+. The van der Waals surface area contributed by atoms with Gasteiger partial charge in [-0.2, -0.15) is 0 Å². The lowest BCUT2D eigenvalue weighted by Crippen LogP contribution is -1.96. The molecule has 0 spiro atoms. The molecule has 0 atom stereocenters. The third-order valence-corrected chi connectivity index (χ3v) is 2.79. The summed E-state index contributed by atoms with van der Waals surface area (Å²) in [6.45, 7) is 7.72. The molecule has 0 heterocycles. The number of allylic oxidation sites excluding steroid dienone is 6. The van der Waals surface area contributed by atoms with Crippen molar-refractivity contribution >= 4 is 12.1 Å². The van der Waals surface area contributed by atoms with Crippen LogP contribution in [-0.4, -0.2) is 12.1 Å². The molecular weight excluding hydrogens is 212 g/mol. The molecule has 0 aromatic rings. The van der Waals surface area contributed by atoms with Crippen LogP contribution in [0.2, 0.25) is 0 Å². The van der Waals surface area contributed by atoms with Crippen LogP contribution in [0.1, 0.15) is 47.0 Å². The van der Waals surface area contributed by atoms with Crippen molar-refractivity contribution in [3.8, 4) is 0 Å². The van der Waals surface area contributed by atoms with Gasteiger partial charge in [0.25, 0.3) is 0 Å². The molecule has 0 aromatic carbocycles. The zero-order valence-corrected chi connectivity index (χ0v) is 11.2. The molecule has 0 aliphatic heterocycles. The van der Waals surface area contributed by atoms with Gasteiger partial charge in [-0.3, -0.25) is 9.59 Å². The molecule has 0 radical (unpaired) electrons. The summed E-state index contributed by atoms with van der Waals surface area (Å²) in [5.41, 5.74) is 2.73. The zero-order valence-electron chi connectivity index (χ0n) is 11.2. The van der Waals surface area contributed by atoms with Crippen LogP contribution in [0.15, 0.2) is 34.9 Å². The maximum Gasteiger partial charge on any atom is 0.149 e. The van der Waals surface area contributed by atoms with Gasteiger partial charge in [0.1, 0.15) is 12.1 Å². The first kappa shape index (κ1) is 15.6. The number of Topliss-reactive ketones (excluding diaryl/α,β-unsaturated/α-hetero) is 1. The van der Waals surface area contributed by atoms with Crippen LogP contribution < -0.4 is 0 Å². The van der Waals surface area contributed by atoms with E-state index < -0.39 is 0 Å². The Kier molecular flexibility index (Phi) is 7.95. The van der Waals surface area contributed by atoms with Crippen molar-refractivity contribution in [2.24, 2.45) is 0 Å². The van der Waals surface area contributed by atoms with Crippen molar-refractivity contribution in [3.63, 3.8) is 0 Å². The van der Waals surface area contributed by atoms with Crippen LogP contribution in [0.3, 0.4) is 0 Å². The summed E-state index contributed by atoms with van der Waals surface area (Å²) in [6.07, 6.45) is 8.28. The highest BCUT2D eigenvalue weighted by atomic mass is 16.1. The second-order valence-electron chi connectivity index (χ2n) is 3.97. The first-order valence-electron chi connectivity index (χ1n) is 6.08. The van der Waals surface area contributed by atoms with Crippen LogP contribution in [0.5, 0.6) is 0 Å². The minimum absolute atomic E-state index is 0.214. The Labute approximate surface area is 104 Å². The van der Waals surface area contributed by atoms with Gasteiger partial charge in [0, 0.05) is 18.4 Å². The summed E-state index contributed by atoms with van der Waals surface area (Å²) in [5.74, 6) is 0.214. The van der Waals surface area contributed by atoms with Crippen molar-refractivity contribution in [2.45, 2.75) is 47.0 Å². The number of hydrogen-bond donors (Lipinski definition) is 0. The van der Waals surface area contributed by atoms with E-state index in [1.807, 2.05) is 39.8 Å². The van der Waals surface area contributed by atoms with Crippen molar-refractivity contribution in [2.75, 3.05) is 0 Å². The highest BCUT2D eigenvalue weighted by Gasteiger charge is 2.01. The largest absolute Gasteiger partial charge is 0.299 e. The summed E-state index contributed by atoms with van der Waals surface area (Å²) in [5, 5.41) is 0. The lowest BCUT2D eigenvalue weighted by molar-refractivity contribution is -0.118. The van der Waals surface area contributed by atoms with Crippen LogP contribution in [0.25, 0.3) is 0 Å². The fraction of sp³-hybridized carbons (Fsp3) is 0.467. The van der Waals surface area contributed by atoms with E-state index in [1.54, 1.807) is 6.08 Å². The highest BCUT2D eigenvalue weighted by Crippen LogP contribution is 2.11. The van der Waals surface area contributed by atoms with Crippen molar-refractivity contribution < 1.29 is 9.59 Å². The fourth-order valence-electron chi connectivity index (χ4n) is 1.29. The van der Waals surface area contributed by atoms with E-state index >= 15 is 0 Å². The minimum atomic E-state index is 0.214. The number of carbonyl (C=O) groups is 2. The Balaban J connectivity index is 4.79. The van der Waals surface area contributed by atoms with Crippen LogP contribution in [-0.2, 0) is 9.59 Å². The second kappa shape index (κ2) is 8.68. The predicted molar refractivity (Wildman–Crippen MR) is 71.9 cm³/mol. The monoisotopic (exact) mass is 234 g/mol. The van der Waals surface area contributed by atoms with Crippen molar-refractivity contribution in [3.05, 3.63) is 34.9 Å². The van der Waals surface area contributed by atoms with E-state index in [0.29, 0.717) is 18.4 Å². The molecule has 0 bridgehead atoms. The zero-order chi connectivity index (χ0) is 13.3. The molecular formula is C15H22O2. The van der Waals surface area contributed by atoms with E-state index in [4.69, 9.17) is 0 Å². The predicted octanol–water partition coefficient (Wildman–Crippen LogP) is 3.78. The number of aldehydes is 1. The fourth-order valence-corrected chi connectivity index (χ4v) is 1.29. The summed E-state index contributed by atoms with van der Waals surface area (Å²) >= 11 is 0. The number of hydrogen-bond acceptors (Lipinski definition) is 2. The molecule has 2 nitrogen and oxygen atoms in total. The third kappa shape index (κ3) is 6.00. The summed E-state index contributed by atoms with van der Waals surface area (Å²) in [6, 6.07) is 0. The SMILES string of the molecule is C\C=C(/C=C\C(C=O)=C(\C)CC)CC(=O)CC. The Bertz CT molecular complexity index is 357. The van der Waals surface area contributed by atoms with Gasteiger partial charge in [0.15, 0.2) is 0 Å². The number of carbonyl (C=O) groups excluding carboxylic acids is 2. The molecule has 0 saturated heterocycles. The Morgan fingerprint density at radius 2 is 1.76 bits per heavy atom. The number of rotatable bonds is 7. The molecule has 0 saturated carbocycles. The van der Waals surface area contributed by atoms with E-state index in [-0.39, 0.29) is 5.78 Å². The van der Waals surface area contributed by atoms with Gasteiger partial charge in [-0.05, 0) is 25.8 Å². The lowest BCUT2D eigenvalue weighted by atomic mass is 10.0. The topological polar surface area (TPSA) is 34.1 Å². The van der Waals surface area contributed by atoms with Gasteiger partial charge in [0.2, 0.25) is 0 Å². The smallest absolute Gasteiger partial charge is 0.149 e. The Morgan fingerprint density at radius 1 is 1.12 bits per heavy atom. The average Bonchev–Trinajstić information content (AvgIpc) is 2.36. The molecule has 0 rings (SSSR count). The van der Waals surface area contributed by atoms with Gasteiger partial charge in [0.05, 0.1) is 0 Å². The quantitative estimate of drug-likeness (QED) is 0.381. The van der Waals surface area contributed by atoms with E-state index in [9.17, 15) is 9.59 Å². The van der Waals surface area contributed by atoms with Crippen LogP contribution in [0.4, 0.5) is 0 Å². The molecule has 94 valence electrons. The van der Waals surface area contributed by atoms with E-state index in [1.165, 1.54) is 0 Å². The lowest BCUT2D eigenvalue weighted by Gasteiger charge is -2.01. The van der Waals surface area contributed by atoms with Crippen molar-refractivity contribution in [1.82, 2.24) is 0 Å². The normalized spacial score (nSPS) is 13.8. The molecule has 0 aliphatic rings. The maximum absolute atomic E-state index is 11.3. The summed E-state index contributed by atoms with van der Waals surface area (Å²) in [7, 11) is 0. The third-order valence-electron chi connectivity index (χ3n) is 2.79. The molecule has 0 fully saturated rings. The van der Waals surface area contributed by atoms with Gasteiger partial charge < -0.3 is 0 Å². The van der Waals surface area contributed by atoms with E-state index in [2.05, 4.69) is 0 Å². The van der Waals surface area contributed by atoms with Crippen molar-refractivity contribution in [1.29, 1.82) is 0 Å². The van der Waals surface area contributed by atoms with Gasteiger partial charge >= 0.3 is 0 Å². The minimum Gasteiger partial charge on any atom is -0.299 e. The summed E-state index contributed by atoms with van der Waals surface area (Å²) in [4.78, 5) is 22.2. The first-order chi connectivity index (χ1) is 8.08. The molecule has 0 aromatic heterocycles. The molecule has 17 heavy (non-hydrogen) atoms. The maximum atomic E-state index is 11.3. The Morgan fingerprint density at radius 3 is 2.18 bits per heavy atom. The van der Waals surface area contributed by atoms with Gasteiger partial charge in [-0.1, -0.05) is 37.6 Å². The number of ketones is 1. The second-order valence-corrected chi connectivity index (χ2v) is 3.97. The highest BCUT2D eigenvalue weighted by molar-refractivity contribution is 5.82. The van der Waals surface area contributed by atoms with Crippen LogP contribution >= 0.6 is 0 Å². The Hall–Kier alpha value is -1.44.